The van der Waals surface area contributed by atoms with E-state index in [1.54, 1.807) is 5.43 Å². The van der Waals surface area contributed by atoms with Gasteiger partial charge < -0.3 is 5.43 Å². The summed E-state index contributed by atoms with van der Waals surface area (Å²) in [6.07, 6.45) is -5.02. The lowest BCUT2D eigenvalue weighted by Crippen LogP contribution is -2.16. The summed E-state index contributed by atoms with van der Waals surface area (Å²) in [5.74, 6) is 4.81. The smallest absolute Gasteiger partial charge is 0.313 e. The lowest BCUT2D eigenvalue weighted by Gasteiger charge is -2.10. The van der Waals surface area contributed by atoms with Crippen molar-refractivity contribution in [2.75, 3.05) is 5.43 Å². The molecule has 0 fully saturated rings. The third kappa shape index (κ3) is 2.29. The standard InChI is InChI=1S/C7H5F3N4O4/c8-7(9,10)3-1-2-4(13(15)16)5(12-11)6(3)14(17)18/h1-2,12H,11H2. The summed E-state index contributed by atoms with van der Waals surface area (Å²) in [4.78, 5) is 18.7. The fourth-order valence-electron chi connectivity index (χ4n) is 1.29. The van der Waals surface area contributed by atoms with Crippen molar-refractivity contribution in [3.63, 3.8) is 0 Å². The molecule has 0 aliphatic heterocycles. The molecule has 0 aliphatic rings. The number of benzene rings is 1. The molecule has 0 saturated carbocycles. The normalized spacial score (nSPS) is 11.1. The van der Waals surface area contributed by atoms with Gasteiger partial charge in [-0.25, -0.2) is 0 Å². The van der Waals surface area contributed by atoms with Gasteiger partial charge in [0.15, 0.2) is 0 Å². The average molecular weight is 266 g/mol. The van der Waals surface area contributed by atoms with Gasteiger partial charge in [0.1, 0.15) is 5.56 Å². The predicted molar refractivity (Wildman–Crippen MR) is 52.6 cm³/mol. The van der Waals surface area contributed by atoms with Gasteiger partial charge in [-0.3, -0.25) is 26.1 Å². The molecule has 8 nitrogen and oxygen atoms in total. The molecule has 0 amide bonds. The van der Waals surface area contributed by atoms with Gasteiger partial charge in [0, 0.05) is 6.07 Å². The third-order valence-electron chi connectivity index (χ3n) is 1.98. The molecule has 0 atom stereocenters. The van der Waals surface area contributed by atoms with Crippen LogP contribution in [0.15, 0.2) is 12.1 Å². The molecule has 0 unspecified atom stereocenters. The Balaban J connectivity index is 3.70. The second kappa shape index (κ2) is 4.44. The quantitative estimate of drug-likeness (QED) is 0.488. The van der Waals surface area contributed by atoms with Crippen molar-refractivity contribution in [2.45, 2.75) is 6.18 Å². The lowest BCUT2D eigenvalue weighted by molar-refractivity contribution is -0.394. The topological polar surface area (TPSA) is 124 Å². The Hall–Kier alpha value is -2.43. The van der Waals surface area contributed by atoms with E-state index < -0.39 is 38.6 Å². The van der Waals surface area contributed by atoms with E-state index in [-0.39, 0.29) is 6.07 Å². The third-order valence-corrected chi connectivity index (χ3v) is 1.98. The van der Waals surface area contributed by atoms with Crippen LogP contribution in [0.1, 0.15) is 5.56 Å². The monoisotopic (exact) mass is 266 g/mol. The maximum atomic E-state index is 12.5. The predicted octanol–water partition coefficient (Wildman–Crippen LogP) is 1.81. The van der Waals surface area contributed by atoms with Gasteiger partial charge in [0.2, 0.25) is 5.69 Å². The molecule has 1 rings (SSSR count). The first kappa shape index (κ1) is 13.6. The summed E-state index contributed by atoms with van der Waals surface area (Å²) in [5, 5.41) is 21.1. The van der Waals surface area contributed by atoms with E-state index in [9.17, 15) is 33.4 Å². The van der Waals surface area contributed by atoms with Crippen molar-refractivity contribution in [3.05, 3.63) is 37.9 Å². The second-order valence-electron chi connectivity index (χ2n) is 3.01. The molecule has 0 bridgehead atoms. The highest BCUT2D eigenvalue weighted by Gasteiger charge is 2.42. The maximum absolute atomic E-state index is 12.5. The van der Waals surface area contributed by atoms with Crippen LogP contribution in [0, 0.1) is 20.2 Å². The summed E-state index contributed by atoms with van der Waals surface area (Å²) in [6.45, 7) is 0. The molecule has 0 heterocycles. The molecule has 18 heavy (non-hydrogen) atoms. The number of nitrogen functional groups attached to an aromatic ring is 1. The molecule has 0 aromatic heterocycles. The van der Waals surface area contributed by atoms with E-state index in [2.05, 4.69) is 0 Å². The highest BCUT2D eigenvalue weighted by Crippen LogP contribution is 2.43. The summed E-state index contributed by atoms with van der Waals surface area (Å²) in [6, 6.07) is 0.752. The Morgan fingerprint density at radius 1 is 1.17 bits per heavy atom. The number of anilines is 1. The van der Waals surface area contributed by atoms with Crippen LogP contribution in [-0.2, 0) is 6.18 Å². The summed E-state index contributed by atoms with van der Waals surface area (Å²) >= 11 is 0. The number of nitrogens with one attached hydrogen (secondary N) is 1. The minimum atomic E-state index is -5.02. The largest absolute Gasteiger partial charge is 0.423 e. The first-order chi connectivity index (χ1) is 8.20. The van der Waals surface area contributed by atoms with E-state index in [1.807, 2.05) is 0 Å². The molecular formula is C7H5F3N4O4. The van der Waals surface area contributed by atoms with Crippen molar-refractivity contribution in [1.29, 1.82) is 0 Å². The SMILES string of the molecule is NNc1c([N+](=O)[O-])ccc(C(F)(F)F)c1[N+](=O)[O-]. The molecule has 98 valence electrons. The van der Waals surface area contributed by atoms with Crippen LogP contribution in [0.2, 0.25) is 0 Å². The number of halogens is 3. The zero-order valence-electron chi connectivity index (χ0n) is 8.39. The Labute approximate surface area is 96.5 Å². The van der Waals surface area contributed by atoms with E-state index in [4.69, 9.17) is 5.84 Å². The maximum Gasteiger partial charge on any atom is 0.423 e. The second-order valence-corrected chi connectivity index (χ2v) is 3.01. The Kier molecular flexibility index (Phi) is 3.37. The zero-order chi connectivity index (χ0) is 14.1. The highest BCUT2D eigenvalue weighted by atomic mass is 19.4. The van der Waals surface area contributed by atoms with Crippen LogP contribution >= 0.6 is 0 Å². The minimum Gasteiger partial charge on any atom is -0.313 e. The molecule has 0 aliphatic carbocycles. The molecule has 0 saturated heterocycles. The molecule has 1 aromatic rings. The van der Waals surface area contributed by atoms with Gasteiger partial charge in [0.05, 0.1) is 9.85 Å². The van der Waals surface area contributed by atoms with Crippen molar-refractivity contribution in [2.24, 2.45) is 5.84 Å². The van der Waals surface area contributed by atoms with Crippen LogP contribution in [0.25, 0.3) is 0 Å². The van der Waals surface area contributed by atoms with Crippen molar-refractivity contribution in [3.8, 4) is 0 Å². The molecular weight excluding hydrogens is 261 g/mol. The van der Waals surface area contributed by atoms with Gasteiger partial charge in [-0.15, -0.1) is 0 Å². The number of hydrogen-bond acceptors (Lipinski definition) is 6. The molecule has 0 spiro atoms. The molecule has 1 aromatic carbocycles. The zero-order valence-corrected chi connectivity index (χ0v) is 8.39. The first-order valence-corrected chi connectivity index (χ1v) is 4.19. The summed E-state index contributed by atoms with van der Waals surface area (Å²) < 4.78 is 37.5. The molecule has 3 N–H and O–H groups in total. The van der Waals surface area contributed by atoms with Crippen LogP contribution < -0.4 is 11.3 Å². The number of alkyl halides is 3. The van der Waals surface area contributed by atoms with E-state index in [0.717, 1.165) is 0 Å². The van der Waals surface area contributed by atoms with Crippen LogP contribution in [0.4, 0.5) is 30.2 Å². The first-order valence-electron chi connectivity index (χ1n) is 4.19. The number of nitro groups is 2. The average Bonchev–Trinajstić information content (AvgIpc) is 2.25. The molecule has 11 heteroatoms. The van der Waals surface area contributed by atoms with Gasteiger partial charge >= 0.3 is 17.6 Å². The number of rotatable bonds is 3. The number of hydrogen-bond donors (Lipinski definition) is 2. The summed E-state index contributed by atoms with van der Waals surface area (Å²) in [7, 11) is 0. The fraction of sp³-hybridized carbons (Fsp3) is 0.143. The van der Waals surface area contributed by atoms with Gasteiger partial charge in [-0.2, -0.15) is 13.2 Å². The highest BCUT2D eigenvalue weighted by molar-refractivity contribution is 5.76. The van der Waals surface area contributed by atoms with Gasteiger partial charge in [-0.05, 0) is 6.07 Å². The number of nitrogens with zero attached hydrogens (tertiary/aromatic N) is 2. The lowest BCUT2D eigenvalue weighted by atomic mass is 10.1. The number of nitro benzene ring substituents is 2. The van der Waals surface area contributed by atoms with Crippen molar-refractivity contribution < 1.29 is 23.0 Å². The fourth-order valence-corrected chi connectivity index (χ4v) is 1.29. The van der Waals surface area contributed by atoms with Crippen molar-refractivity contribution >= 4 is 17.1 Å². The minimum absolute atomic E-state index is 0.261. The van der Waals surface area contributed by atoms with Gasteiger partial charge in [-0.1, -0.05) is 0 Å². The van der Waals surface area contributed by atoms with Crippen LogP contribution in [0.5, 0.6) is 0 Å². The molecule has 0 radical (unpaired) electrons. The van der Waals surface area contributed by atoms with E-state index >= 15 is 0 Å². The van der Waals surface area contributed by atoms with Crippen LogP contribution in [-0.4, -0.2) is 9.85 Å². The Bertz CT molecular complexity index is 516. The Morgan fingerprint density at radius 2 is 1.72 bits per heavy atom. The summed E-state index contributed by atoms with van der Waals surface area (Å²) in [5.41, 5.74) is -3.47. The Morgan fingerprint density at radius 3 is 2.06 bits per heavy atom. The van der Waals surface area contributed by atoms with E-state index in [1.165, 1.54) is 0 Å². The van der Waals surface area contributed by atoms with Crippen molar-refractivity contribution in [1.82, 2.24) is 0 Å². The van der Waals surface area contributed by atoms with Crippen LogP contribution in [0.3, 0.4) is 0 Å². The number of nitrogens with two attached hydrogens (primary N) is 1. The van der Waals surface area contributed by atoms with Gasteiger partial charge in [0.25, 0.3) is 0 Å². The number of hydrazine groups is 1. The van der Waals surface area contributed by atoms with E-state index in [0.29, 0.717) is 6.07 Å².